The maximum atomic E-state index is 4.36. The molecule has 1 aromatic heterocycles. The Kier molecular flexibility index (Phi) is 2.08. The zero-order valence-electron chi connectivity index (χ0n) is 11.4. The fourth-order valence-electron chi connectivity index (χ4n) is 3.47. The summed E-state index contributed by atoms with van der Waals surface area (Å²) in [6, 6.07) is 8.78. The molecule has 0 unspecified atom stereocenters. The van der Waals surface area contributed by atoms with E-state index < -0.39 is 0 Å². The van der Waals surface area contributed by atoms with Crippen LogP contribution in [-0.4, -0.2) is 21.3 Å². The summed E-state index contributed by atoms with van der Waals surface area (Å²) in [6.45, 7) is 3.05. The molecule has 1 aliphatic heterocycles. The van der Waals surface area contributed by atoms with Crippen molar-refractivity contribution in [2.75, 3.05) is 11.4 Å². The predicted molar refractivity (Wildman–Crippen MR) is 74.7 cm³/mol. The van der Waals surface area contributed by atoms with Crippen LogP contribution < -0.4 is 4.90 Å². The van der Waals surface area contributed by atoms with Gasteiger partial charge in [0.15, 0.2) is 0 Å². The third-order valence-electron chi connectivity index (χ3n) is 4.85. The Morgan fingerprint density at radius 1 is 1.16 bits per heavy atom. The fourth-order valence-corrected chi connectivity index (χ4v) is 3.47. The first-order valence-electron chi connectivity index (χ1n) is 6.94. The lowest BCUT2D eigenvalue weighted by Gasteiger charge is -2.39. The third-order valence-corrected chi connectivity index (χ3v) is 4.85. The van der Waals surface area contributed by atoms with E-state index in [1.165, 1.54) is 30.5 Å². The van der Waals surface area contributed by atoms with Crippen LogP contribution in [0.3, 0.4) is 0 Å². The molecular weight excluding hydrogens is 236 g/mol. The molecule has 0 saturated heterocycles. The molecule has 4 rings (SSSR count). The van der Waals surface area contributed by atoms with Gasteiger partial charge in [0.05, 0.1) is 0 Å². The van der Waals surface area contributed by atoms with Crippen molar-refractivity contribution >= 4 is 11.6 Å². The Hall–Kier alpha value is -1.84. The number of aromatic nitrogens is 3. The molecule has 1 saturated carbocycles. The van der Waals surface area contributed by atoms with E-state index >= 15 is 0 Å². The van der Waals surface area contributed by atoms with Crippen LogP contribution in [0.15, 0.2) is 24.3 Å². The van der Waals surface area contributed by atoms with Gasteiger partial charge in [-0.25, -0.2) is 0 Å². The highest BCUT2D eigenvalue weighted by Gasteiger charge is 2.47. The van der Waals surface area contributed by atoms with Crippen molar-refractivity contribution in [1.82, 2.24) is 14.8 Å². The van der Waals surface area contributed by atoms with Crippen LogP contribution in [0.5, 0.6) is 0 Å². The monoisotopic (exact) mass is 254 g/mol. The molecule has 0 N–H and O–H groups in total. The lowest BCUT2D eigenvalue weighted by atomic mass is 9.66. The Morgan fingerprint density at radius 3 is 2.58 bits per heavy atom. The highest BCUT2D eigenvalue weighted by Crippen LogP contribution is 2.53. The van der Waals surface area contributed by atoms with E-state index in [1.807, 2.05) is 14.0 Å². The second-order valence-electron chi connectivity index (χ2n) is 5.84. The lowest BCUT2D eigenvalue weighted by molar-refractivity contribution is 0.266. The third kappa shape index (κ3) is 1.34. The molecule has 98 valence electrons. The Labute approximate surface area is 113 Å². The first-order valence-corrected chi connectivity index (χ1v) is 6.94. The maximum absolute atomic E-state index is 4.36. The van der Waals surface area contributed by atoms with Gasteiger partial charge in [-0.2, -0.15) is 0 Å². The van der Waals surface area contributed by atoms with E-state index in [0.29, 0.717) is 5.41 Å². The SMILES string of the molecule is Cc1nnc(N2CC3(CCC3)c3ccccc32)n1C. The van der Waals surface area contributed by atoms with Crippen LogP contribution in [0.4, 0.5) is 11.6 Å². The molecule has 0 amide bonds. The summed E-state index contributed by atoms with van der Waals surface area (Å²) >= 11 is 0. The zero-order valence-corrected chi connectivity index (χ0v) is 11.4. The minimum Gasteiger partial charge on any atom is -0.309 e. The summed E-state index contributed by atoms with van der Waals surface area (Å²) in [5, 5.41) is 8.56. The highest BCUT2D eigenvalue weighted by molar-refractivity contribution is 5.70. The van der Waals surface area contributed by atoms with Crippen molar-refractivity contribution < 1.29 is 0 Å². The Bertz CT molecular complexity index is 639. The molecule has 2 heterocycles. The lowest BCUT2D eigenvalue weighted by Crippen LogP contribution is -2.38. The molecule has 1 aliphatic carbocycles. The molecule has 2 aliphatic rings. The Balaban J connectivity index is 1.86. The van der Waals surface area contributed by atoms with Gasteiger partial charge in [0.2, 0.25) is 5.95 Å². The number of aryl methyl sites for hydroxylation is 1. The average Bonchev–Trinajstić information content (AvgIpc) is 2.89. The van der Waals surface area contributed by atoms with E-state index in [2.05, 4.69) is 43.9 Å². The van der Waals surface area contributed by atoms with Gasteiger partial charge in [0, 0.05) is 24.7 Å². The molecular formula is C15H18N4. The normalized spacial score (nSPS) is 19.6. The molecule has 0 atom stereocenters. The molecule has 19 heavy (non-hydrogen) atoms. The van der Waals surface area contributed by atoms with Crippen LogP contribution >= 0.6 is 0 Å². The number of nitrogens with zero attached hydrogens (tertiary/aromatic N) is 4. The van der Waals surface area contributed by atoms with E-state index in [1.54, 1.807) is 0 Å². The largest absolute Gasteiger partial charge is 0.309 e. The number of fused-ring (bicyclic) bond motifs is 2. The zero-order chi connectivity index (χ0) is 13.0. The maximum Gasteiger partial charge on any atom is 0.231 e. The van der Waals surface area contributed by atoms with Crippen LogP contribution in [0, 0.1) is 6.92 Å². The molecule has 4 nitrogen and oxygen atoms in total. The average molecular weight is 254 g/mol. The first kappa shape index (κ1) is 11.0. The van der Waals surface area contributed by atoms with Gasteiger partial charge >= 0.3 is 0 Å². The summed E-state index contributed by atoms with van der Waals surface area (Å²) in [7, 11) is 2.04. The quantitative estimate of drug-likeness (QED) is 0.784. The summed E-state index contributed by atoms with van der Waals surface area (Å²) < 4.78 is 2.08. The van der Waals surface area contributed by atoms with Crippen molar-refractivity contribution in [2.24, 2.45) is 7.05 Å². The minimum atomic E-state index is 0.371. The van der Waals surface area contributed by atoms with Crippen molar-refractivity contribution in [3.05, 3.63) is 35.7 Å². The van der Waals surface area contributed by atoms with Gasteiger partial charge < -0.3 is 9.47 Å². The van der Waals surface area contributed by atoms with Gasteiger partial charge in [-0.05, 0) is 31.4 Å². The summed E-state index contributed by atoms with van der Waals surface area (Å²) in [4.78, 5) is 2.34. The summed E-state index contributed by atoms with van der Waals surface area (Å²) in [5.41, 5.74) is 3.19. The van der Waals surface area contributed by atoms with Crippen LogP contribution in [-0.2, 0) is 12.5 Å². The van der Waals surface area contributed by atoms with Gasteiger partial charge in [-0.1, -0.05) is 24.6 Å². The number of rotatable bonds is 1. The summed E-state index contributed by atoms with van der Waals surface area (Å²) in [6.07, 6.45) is 3.95. The molecule has 1 spiro atoms. The molecule has 2 aromatic rings. The molecule has 0 bridgehead atoms. The molecule has 1 fully saturated rings. The number of benzene rings is 1. The standard InChI is InChI=1S/C15H18N4/c1-11-16-17-14(18(11)2)19-10-15(8-5-9-15)12-6-3-4-7-13(12)19/h3-4,6-7H,5,8-10H2,1-2H3. The first-order chi connectivity index (χ1) is 9.21. The smallest absolute Gasteiger partial charge is 0.231 e. The van der Waals surface area contributed by atoms with Gasteiger partial charge in [-0.3, -0.25) is 0 Å². The highest BCUT2D eigenvalue weighted by atomic mass is 15.4. The summed E-state index contributed by atoms with van der Waals surface area (Å²) in [5.74, 6) is 1.93. The van der Waals surface area contributed by atoms with E-state index in [4.69, 9.17) is 0 Å². The van der Waals surface area contributed by atoms with Crippen LogP contribution in [0.1, 0.15) is 30.7 Å². The van der Waals surface area contributed by atoms with Crippen molar-refractivity contribution in [3.8, 4) is 0 Å². The number of anilines is 2. The van der Waals surface area contributed by atoms with Gasteiger partial charge in [0.1, 0.15) is 5.82 Å². The second-order valence-corrected chi connectivity index (χ2v) is 5.84. The van der Waals surface area contributed by atoms with E-state index in [-0.39, 0.29) is 0 Å². The predicted octanol–water partition coefficient (Wildman–Crippen LogP) is 2.70. The van der Waals surface area contributed by atoms with Crippen molar-refractivity contribution in [2.45, 2.75) is 31.6 Å². The van der Waals surface area contributed by atoms with Crippen molar-refractivity contribution in [1.29, 1.82) is 0 Å². The fraction of sp³-hybridized carbons (Fsp3) is 0.467. The topological polar surface area (TPSA) is 34.0 Å². The molecule has 0 radical (unpaired) electrons. The number of para-hydroxylation sites is 1. The molecule has 1 aromatic carbocycles. The van der Waals surface area contributed by atoms with Gasteiger partial charge in [0.25, 0.3) is 0 Å². The van der Waals surface area contributed by atoms with E-state index in [0.717, 1.165) is 18.3 Å². The molecule has 4 heteroatoms. The number of hydrogen-bond donors (Lipinski definition) is 0. The number of hydrogen-bond acceptors (Lipinski definition) is 3. The second kappa shape index (κ2) is 3.59. The Morgan fingerprint density at radius 2 is 1.95 bits per heavy atom. The van der Waals surface area contributed by atoms with Gasteiger partial charge in [-0.15, -0.1) is 10.2 Å². The van der Waals surface area contributed by atoms with Crippen LogP contribution in [0.2, 0.25) is 0 Å². The van der Waals surface area contributed by atoms with Crippen LogP contribution in [0.25, 0.3) is 0 Å². The minimum absolute atomic E-state index is 0.371. The van der Waals surface area contributed by atoms with E-state index in [9.17, 15) is 0 Å². The van der Waals surface area contributed by atoms with Crippen molar-refractivity contribution in [3.63, 3.8) is 0 Å².